The van der Waals surface area contributed by atoms with Crippen molar-refractivity contribution in [1.82, 2.24) is 5.32 Å². The fraction of sp³-hybridized carbons (Fsp3) is 0.375. The number of nitrogens with two attached hydrogens (primary N) is 1. The summed E-state index contributed by atoms with van der Waals surface area (Å²) in [6.07, 6.45) is 0.452. The largest absolute Gasteiger partial charge is 0.496 e. The molecule has 1 amide bonds. The number of hydrogen-bond acceptors (Lipinski definition) is 5. The van der Waals surface area contributed by atoms with Gasteiger partial charge in [0.2, 0.25) is 5.91 Å². The van der Waals surface area contributed by atoms with Gasteiger partial charge in [0.05, 0.1) is 19.9 Å². The Labute approximate surface area is 130 Å². The molecule has 0 spiro atoms. The standard InChI is InChI=1S/C16H22N2O4/c1-9(2)16(20)18-7-6-11-13(21-4)8-12(10(3)19)14(17)15(11)22-5/h8H,1,6-7,17H2,2-5H3,(H,18,20). The van der Waals surface area contributed by atoms with E-state index in [1.54, 1.807) is 13.0 Å². The molecular weight excluding hydrogens is 284 g/mol. The molecule has 0 aliphatic rings. The molecule has 6 nitrogen and oxygen atoms in total. The van der Waals surface area contributed by atoms with E-state index in [9.17, 15) is 9.59 Å². The summed E-state index contributed by atoms with van der Waals surface area (Å²) in [5.74, 6) is 0.512. The average molecular weight is 306 g/mol. The van der Waals surface area contributed by atoms with Gasteiger partial charge in [-0.3, -0.25) is 9.59 Å². The Bertz CT molecular complexity index is 609. The first-order valence-corrected chi connectivity index (χ1v) is 6.81. The molecule has 0 heterocycles. The minimum Gasteiger partial charge on any atom is -0.496 e. The lowest BCUT2D eigenvalue weighted by molar-refractivity contribution is -0.117. The van der Waals surface area contributed by atoms with Crippen LogP contribution in [-0.4, -0.2) is 32.5 Å². The molecule has 0 saturated heterocycles. The lowest BCUT2D eigenvalue weighted by Crippen LogP contribution is -2.26. The van der Waals surface area contributed by atoms with Crippen molar-refractivity contribution < 1.29 is 19.1 Å². The number of carbonyl (C=O) groups excluding carboxylic acids is 2. The van der Waals surface area contributed by atoms with Gasteiger partial charge in [0.25, 0.3) is 0 Å². The second-order valence-electron chi connectivity index (χ2n) is 4.89. The molecule has 6 heteroatoms. The Kier molecular flexibility index (Phi) is 5.98. The Morgan fingerprint density at radius 2 is 1.91 bits per heavy atom. The first-order chi connectivity index (χ1) is 10.3. The number of nitrogen functional groups attached to an aromatic ring is 1. The van der Waals surface area contributed by atoms with E-state index in [1.165, 1.54) is 21.1 Å². The molecule has 3 N–H and O–H groups in total. The summed E-state index contributed by atoms with van der Waals surface area (Å²) >= 11 is 0. The number of rotatable bonds is 7. The molecule has 0 saturated carbocycles. The fourth-order valence-electron chi connectivity index (χ4n) is 2.09. The van der Waals surface area contributed by atoms with Crippen LogP contribution in [0.2, 0.25) is 0 Å². The molecule has 22 heavy (non-hydrogen) atoms. The van der Waals surface area contributed by atoms with Crippen LogP contribution in [0.15, 0.2) is 18.2 Å². The number of anilines is 1. The van der Waals surface area contributed by atoms with Gasteiger partial charge in [-0.15, -0.1) is 0 Å². The highest BCUT2D eigenvalue weighted by molar-refractivity contribution is 6.01. The van der Waals surface area contributed by atoms with E-state index in [0.29, 0.717) is 41.2 Å². The maximum Gasteiger partial charge on any atom is 0.246 e. The molecule has 0 aromatic heterocycles. The molecule has 120 valence electrons. The summed E-state index contributed by atoms with van der Waals surface area (Å²) in [4.78, 5) is 23.1. The molecule has 0 bridgehead atoms. The van der Waals surface area contributed by atoms with Crippen LogP contribution in [0.3, 0.4) is 0 Å². The molecule has 0 unspecified atom stereocenters. The summed E-state index contributed by atoms with van der Waals surface area (Å²) < 4.78 is 10.6. The van der Waals surface area contributed by atoms with Gasteiger partial charge in [0.1, 0.15) is 11.5 Å². The smallest absolute Gasteiger partial charge is 0.246 e. The summed E-state index contributed by atoms with van der Waals surface area (Å²) in [7, 11) is 2.98. The minimum absolute atomic E-state index is 0.170. The van der Waals surface area contributed by atoms with Crippen molar-refractivity contribution in [2.45, 2.75) is 20.3 Å². The monoisotopic (exact) mass is 306 g/mol. The van der Waals surface area contributed by atoms with Crippen molar-refractivity contribution in [2.75, 3.05) is 26.5 Å². The minimum atomic E-state index is -0.216. The van der Waals surface area contributed by atoms with Gasteiger partial charge >= 0.3 is 0 Å². The zero-order chi connectivity index (χ0) is 16.9. The number of benzene rings is 1. The van der Waals surface area contributed by atoms with Gasteiger partial charge in [-0.25, -0.2) is 0 Å². The Balaban J connectivity index is 3.12. The van der Waals surface area contributed by atoms with Crippen LogP contribution in [0.4, 0.5) is 5.69 Å². The van der Waals surface area contributed by atoms with Crippen molar-refractivity contribution in [2.24, 2.45) is 0 Å². The topological polar surface area (TPSA) is 90.7 Å². The summed E-state index contributed by atoms with van der Waals surface area (Å²) in [5.41, 5.74) is 7.76. The lowest BCUT2D eigenvalue weighted by Gasteiger charge is -2.17. The molecule has 0 aliphatic heterocycles. The van der Waals surface area contributed by atoms with Crippen LogP contribution in [0.1, 0.15) is 29.8 Å². The maximum absolute atomic E-state index is 11.6. The summed E-state index contributed by atoms with van der Waals surface area (Å²) in [6.45, 7) is 7.01. The third-order valence-electron chi connectivity index (χ3n) is 3.23. The van der Waals surface area contributed by atoms with E-state index >= 15 is 0 Å². The van der Waals surface area contributed by atoms with E-state index in [-0.39, 0.29) is 17.4 Å². The number of methoxy groups -OCH3 is 2. The molecule has 0 fully saturated rings. The van der Waals surface area contributed by atoms with E-state index < -0.39 is 0 Å². The van der Waals surface area contributed by atoms with Crippen molar-refractivity contribution in [1.29, 1.82) is 0 Å². The normalized spacial score (nSPS) is 10.0. The van der Waals surface area contributed by atoms with Gasteiger partial charge in [0.15, 0.2) is 5.78 Å². The van der Waals surface area contributed by atoms with E-state index in [1.807, 2.05) is 0 Å². The lowest BCUT2D eigenvalue weighted by atomic mass is 10.0. The average Bonchev–Trinajstić information content (AvgIpc) is 2.46. The number of ketones is 1. The number of hydrogen-bond donors (Lipinski definition) is 2. The number of amides is 1. The van der Waals surface area contributed by atoms with Crippen molar-refractivity contribution in [3.8, 4) is 11.5 Å². The zero-order valence-electron chi connectivity index (χ0n) is 13.4. The van der Waals surface area contributed by atoms with Crippen LogP contribution < -0.4 is 20.5 Å². The van der Waals surface area contributed by atoms with Gasteiger partial charge in [-0.2, -0.15) is 0 Å². The third-order valence-corrected chi connectivity index (χ3v) is 3.23. The molecule has 1 aromatic carbocycles. The number of ether oxygens (including phenoxy) is 2. The summed E-state index contributed by atoms with van der Waals surface area (Å²) in [6, 6.07) is 1.59. The van der Waals surface area contributed by atoms with Crippen LogP contribution in [0.25, 0.3) is 0 Å². The Morgan fingerprint density at radius 3 is 2.36 bits per heavy atom. The number of Topliss-reactive ketones (excluding diaryl/α,β-unsaturated/α-hetero) is 1. The predicted molar refractivity (Wildman–Crippen MR) is 85.5 cm³/mol. The number of carbonyl (C=O) groups is 2. The highest BCUT2D eigenvalue weighted by Gasteiger charge is 2.19. The predicted octanol–water partition coefficient (Wildman–Crippen LogP) is 1.72. The van der Waals surface area contributed by atoms with Crippen molar-refractivity contribution in [3.05, 3.63) is 29.3 Å². The summed E-state index contributed by atoms with van der Waals surface area (Å²) in [5, 5.41) is 2.73. The second kappa shape index (κ2) is 7.49. The quantitative estimate of drug-likeness (QED) is 0.455. The van der Waals surface area contributed by atoms with Crippen LogP contribution in [-0.2, 0) is 11.2 Å². The van der Waals surface area contributed by atoms with E-state index in [2.05, 4.69) is 11.9 Å². The third kappa shape index (κ3) is 3.78. The van der Waals surface area contributed by atoms with Gasteiger partial charge < -0.3 is 20.5 Å². The van der Waals surface area contributed by atoms with Gasteiger partial charge in [0, 0.05) is 23.2 Å². The first kappa shape index (κ1) is 17.6. The van der Waals surface area contributed by atoms with Gasteiger partial charge in [-0.1, -0.05) is 6.58 Å². The molecular formula is C16H22N2O4. The second-order valence-corrected chi connectivity index (χ2v) is 4.89. The van der Waals surface area contributed by atoms with Crippen molar-refractivity contribution in [3.63, 3.8) is 0 Å². The number of nitrogens with one attached hydrogen (secondary N) is 1. The van der Waals surface area contributed by atoms with E-state index in [4.69, 9.17) is 15.2 Å². The van der Waals surface area contributed by atoms with Crippen LogP contribution in [0, 0.1) is 0 Å². The van der Waals surface area contributed by atoms with E-state index in [0.717, 1.165) is 0 Å². The van der Waals surface area contributed by atoms with Crippen LogP contribution in [0.5, 0.6) is 11.5 Å². The fourth-order valence-corrected chi connectivity index (χ4v) is 2.09. The molecule has 0 atom stereocenters. The van der Waals surface area contributed by atoms with Crippen LogP contribution >= 0.6 is 0 Å². The maximum atomic E-state index is 11.6. The zero-order valence-corrected chi connectivity index (χ0v) is 13.4. The molecule has 1 aromatic rings. The SMILES string of the molecule is C=C(C)C(=O)NCCc1c(OC)cc(C(C)=O)c(N)c1OC. The molecule has 0 aliphatic carbocycles. The Hall–Kier alpha value is -2.50. The first-order valence-electron chi connectivity index (χ1n) is 6.81. The van der Waals surface area contributed by atoms with Crippen molar-refractivity contribution >= 4 is 17.4 Å². The molecule has 0 radical (unpaired) electrons. The highest BCUT2D eigenvalue weighted by Crippen LogP contribution is 2.37. The highest BCUT2D eigenvalue weighted by atomic mass is 16.5. The Morgan fingerprint density at radius 1 is 1.27 bits per heavy atom. The van der Waals surface area contributed by atoms with Gasteiger partial charge in [-0.05, 0) is 26.3 Å². The molecule has 1 rings (SSSR count).